The first kappa shape index (κ1) is 21.9. The first-order valence-corrected chi connectivity index (χ1v) is 12.3. The number of hydrogen-bond donors (Lipinski definition) is 0. The number of likely N-dealkylation sites (tertiary alicyclic amines) is 1. The van der Waals surface area contributed by atoms with Crippen molar-refractivity contribution in [3.63, 3.8) is 0 Å². The van der Waals surface area contributed by atoms with Crippen molar-refractivity contribution in [2.75, 3.05) is 44.2 Å². The number of rotatable bonds is 3. The molecular formula is C28H30N4O3. The van der Waals surface area contributed by atoms with Crippen LogP contribution < -0.4 is 4.90 Å². The molecule has 4 heterocycles. The second-order valence-electron chi connectivity index (χ2n) is 10.4. The lowest BCUT2D eigenvalue weighted by atomic mass is 9.83. The highest BCUT2D eigenvalue weighted by atomic mass is 16.6. The predicted octanol–water partition coefficient (Wildman–Crippen LogP) is 3.31. The Morgan fingerprint density at radius 2 is 1.66 bits per heavy atom. The molecular weight excluding hydrogens is 440 g/mol. The molecule has 2 fully saturated rings. The Morgan fingerprint density at radius 1 is 0.971 bits per heavy atom. The van der Waals surface area contributed by atoms with E-state index in [2.05, 4.69) is 45.1 Å². The summed E-state index contributed by atoms with van der Waals surface area (Å²) in [5.41, 5.74) is 2.30. The zero-order valence-electron chi connectivity index (χ0n) is 20.2. The van der Waals surface area contributed by atoms with Crippen LogP contribution in [0.25, 0.3) is 0 Å². The molecule has 0 radical (unpaired) electrons. The lowest BCUT2D eigenvalue weighted by Crippen LogP contribution is -2.49. The van der Waals surface area contributed by atoms with Gasteiger partial charge in [0.25, 0.3) is 0 Å². The van der Waals surface area contributed by atoms with E-state index in [-0.39, 0.29) is 11.9 Å². The molecule has 6 rings (SSSR count). The Balaban J connectivity index is 1.14. The van der Waals surface area contributed by atoms with Crippen LogP contribution in [0.4, 0.5) is 5.69 Å². The van der Waals surface area contributed by atoms with Crippen LogP contribution in [0.15, 0.2) is 65.8 Å². The van der Waals surface area contributed by atoms with E-state index in [1.54, 1.807) is 6.07 Å². The third kappa shape index (κ3) is 3.52. The number of benzene rings is 2. The van der Waals surface area contributed by atoms with Crippen molar-refractivity contribution in [3.05, 3.63) is 77.5 Å². The van der Waals surface area contributed by atoms with Crippen molar-refractivity contribution in [3.8, 4) is 0 Å². The molecule has 0 bridgehead atoms. The van der Waals surface area contributed by atoms with Gasteiger partial charge >= 0.3 is 5.97 Å². The van der Waals surface area contributed by atoms with Crippen LogP contribution in [0, 0.1) is 0 Å². The number of anilines is 1. The van der Waals surface area contributed by atoms with Gasteiger partial charge in [0.05, 0.1) is 17.5 Å². The normalized spacial score (nSPS) is 23.3. The number of carbonyl (C=O) groups is 2. The van der Waals surface area contributed by atoms with Crippen molar-refractivity contribution < 1.29 is 14.3 Å². The lowest BCUT2D eigenvalue weighted by molar-refractivity contribution is -0.136. The summed E-state index contributed by atoms with van der Waals surface area (Å²) in [6.45, 7) is 8.76. The number of nitrogens with zero attached hydrogens (tertiary/aromatic N) is 4. The van der Waals surface area contributed by atoms with Crippen LogP contribution in [0.1, 0.15) is 41.8 Å². The van der Waals surface area contributed by atoms with Gasteiger partial charge in [-0.2, -0.15) is 0 Å². The summed E-state index contributed by atoms with van der Waals surface area (Å²) in [5, 5.41) is 0. The van der Waals surface area contributed by atoms with E-state index in [0.29, 0.717) is 25.1 Å². The topological polar surface area (TPSA) is 65.5 Å². The number of esters is 1. The van der Waals surface area contributed by atoms with E-state index in [1.165, 1.54) is 5.69 Å². The van der Waals surface area contributed by atoms with Crippen molar-refractivity contribution >= 4 is 23.4 Å². The summed E-state index contributed by atoms with van der Waals surface area (Å²) in [5.74, 6) is 0.855. The lowest BCUT2D eigenvalue weighted by Gasteiger charge is -2.38. The van der Waals surface area contributed by atoms with Gasteiger partial charge in [-0.1, -0.05) is 30.3 Å². The molecule has 0 saturated carbocycles. The number of fused-ring (bicyclic) bond motifs is 2. The van der Waals surface area contributed by atoms with Gasteiger partial charge in [0, 0.05) is 56.6 Å². The van der Waals surface area contributed by atoms with Gasteiger partial charge in [-0.05, 0) is 43.7 Å². The Morgan fingerprint density at radius 3 is 2.34 bits per heavy atom. The Labute approximate surface area is 205 Å². The SMILES string of the molecule is CC(C)(C(=O)N1CC[C@@]2(C1)OC(=O)c1ccccc12)c1ccc(N2CCN(C3=NC=C3)CC2)cc1. The number of ether oxygens (including phenoxy) is 1. The van der Waals surface area contributed by atoms with Gasteiger partial charge in [-0.3, -0.25) is 4.79 Å². The molecule has 1 amide bonds. The molecule has 2 aromatic rings. The van der Waals surface area contributed by atoms with Crippen molar-refractivity contribution in [2.24, 2.45) is 4.99 Å². The molecule has 0 aromatic heterocycles. The first-order chi connectivity index (χ1) is 16.9. The molecule has 180 valence electrons. The summed E-state index contributed by atoms with van der Waals surface area (Å²) in [6, 6.07) is 15.9. The van der Waals surface area contributed by atoms with Gasteiger partial charge in [0.15, 0.2) is 5.60 Å². The average molecular weight is 471 g/mol. The Hall–Kier alpha value is -3.61. The molecule has 7 heteroatoms. The van der Waals surface area contributed by atoms with Crippen LogP contribution in [0.5, 0.6) is 0 Å². The molecule has 0 aliphatic carbocycles. The van der Waals surface area contributed by atoms with Crippen LogP contribution in [0.3, 0.4) is 0 Å². The fourth-order valence-corrected chi connectivity index (χ4v) is 5.73. The molecule has 35 heavy (non-hydrogen) atoms. The second-order valence-corrected chi connectivity index (χ2v) is 10.4. The fraction of sp³-hybridized carbons (Fsp3) is 0.393. The van der Waals surface area contributed by atoms with E-state index in [9.17, 15) is 9.59 Å². The third-order valence-corrected chi connectivity index (χ3v) is 7.97. The molecule has 1 atom stereocenters. The van der Waals surface area contributed by atoms with Crippen molar-refractivity contribution in [1.29, 1.82) is 0 Å². The summed E-state index contributed by atoms with van der Waals surface area (Å²) in [7, 11) is 0. The molecule has 2 aromatic carbocycles. The highest BCUT2D eigenvalue weighted by molar-refractivity contribution is 5.97. The third-order valence-electron chi connectivity index (χ3n) is 7.97. The van der Waals surface area contributed by atoms with E-state index in [0.717, 1.165) is 43.1 Å². The van der Waals surface area contributed by atoms with Crippen LogP contribution in [-0.2, 0) is 20.5 Å². The van der Waals surface area contributed by atoms with Crippen LogP contribution in [-0.4, -0.2) is 66.8 Å². The molecule has 7 nitrogen and oxygen atoms in total. The van der Waals surface area contributed by atoms with E-state index < -0.39 is 11.0 Å². The minimum absolute atomic E-state index is 0.0606. The van der Waals surface area contributed by atoms with Gasteiger partial charge < -0.3 is 19.4 Å². The minimum atomic E-state index is -0.716. The maximum absolute atomic E-state index is 13.7. The summed E-state index contributed by atoms with van der Waals surface area (Å²) in [6.07, 6.45) is 4.52. The second kappa shape index (κ2) is 7.97. The van der Waals surface area contributed by atoms with Gasteiger partial charge in [-0.15, -0.1) is 0 Å². The number of amidine groups is 1. The molecule has 2 saturated heterocycles. The number of amides is 1. The summed E-state index contributed by atoms with van der Waals surface area (Å²) in [4.78, 5) is 36.9. The minimum Gasteiger partial charge on any atom is -0.449 e. The largest absolute Gasteiger partial charge is 0.449 e. The number of piperazine rings is 1. The molecule has 4 aliphatic heterocycles. The predicted molar refractivity (Wildman–Crippen MR) is 135 cm³/mol. The maximum atomic E-state index is 13.7. The first-order valence-electron chi connectivity index (χ1n) is 12.3. The monoisotopic (exact) mass is 470 g/mol. The summed E-state index contributed by atoms with van der Waals surface area (Å²) < 4.78 is 5.84. The molecule has 0 N–H and O–H groups in total. The van der Waals surface area contributed by atoms with Crippen molar-refractivity contribution in [1.82, 2.24) is 9.80 Å². The average Bonchev–Trinajstić information content (AvgIpc) is 3.39. The smallest absolute Gasteiger partial charge is 0.339 e. The fourth-order valence-electron chi connectivity index (χ4n) is 5.73. The quantitative estimate of drug-likeness (QED) is 0.644. The van der Waals surface area contributed by atoms with E-state index in [4.69, 9.17) is 4.74 Å². The highest BCUT2D eigenvalue weighted by Crippen LogP contribution is 2.44. The summed E-state index contributed by atoms with van der Waals surface area (Å²) >= 11 is 0. The standard InChI is InChI=1S/C28H30N4O3/c1-27(2,20-7-9-21(10-8-20)30-15-17-31(18-16-30)24-11-13-29-24)26(34)32-14-12-28(19-32)23-6-4-3-5-22(23)25(33)35-28/h3-11,13H,12,14-19H2,1-2H3/t28-/m0/s1. The number of aliphatic imine (C=N–C) groups is 1. The van der Waals surface area contributed by atoms with Gasteiger partial charge in [0.1, 0.15) is 5.84 Å². The van der Waals surface area contributed by atoms with Crippen LogP contribution in [0.2, 0.25) is 0 Å². The number of carbonyl (C=O) groups excluding carboxylic acids is 2. The maximum Gasteiger partial charge on any atom is 0.339 e. The van der Waals surface area contributed by atoms with Gasteiger partial charge in [-0.25, -0.2) is 9.79 Å². The van der Waals surface area contributed by atoms with Crippen LogP contribution >= 0.6 is 0 Å². The molecule has 1 spiro atoms. The zero-order chi connectivity index (χ0) is 24.2. The van der Waals surface area contributed by atoms with Gasteiger partial charge in [0.2, 0.25) is 5.91 Å². The Kier molecular flexibility index (Phi) is 4.99. The Bertz CT molecular complexity index is 1240. The molecule has 0 unspecified atom stereocenters. The highest BCUT2D eigenvalue weighted by Gasteiger charge is 2.52. The molecule has 4 aliphatic rings. The zero-order valence-corrected chi connectivity index (χ0v) is 20.2. The van der Waals surface area contributed by atoms with Crippen molar-refractivity contribution in [2.45, 2.75) is 31.3 Å². The number of hydrogen-bond acceptors (Lipinski definition) is 6. The van der Waals surface area contributed by atoms with E-state index in [1.807, 2.05) is 43.1 Å². The van der Waals surface area contributed by atoms with E-state index >= 15 is 0 Å².